The summed E-state index contributed by atoms with van der Waals surface area (Å²) in [5.41, 5.74) is -2.18. The number of hydrogen-bond donors (Lipinski definition) is 1. The summed E-state index contributed by atoms with van der Waals surface area (Å²) in [6, 6.07) is 1.17. The van der Waals surface area contributed by atoms with E-state index in [1.54, 1.807) is 0 Å². The van der Waals surface area contributed by atoms with Gasteiger partial charge in [-0.1, -0.05) is 0 Å². The van der Waals surface area contributed by atoms with Crippen molar-refractivity contribution in [3.8, 4) is 5.75 Å². The number of rotatable bonds is 1. The van der Waals surface area contributed by atoms with Gasteiger partial charge in [0, 0.05) is 0 Å². The van der Waals surface area contributed by atoms with Crippen molar-refractivity contribution in [2.24, 2.45) is 0 Å². The number of hydrogen-bond acceptors (Lipinski definition) is 2. The fourth-order valence-corrected chi connectivity index (χ4v) is 1.23. The van der Waals surface area contributed by atoms with Gasteiger partial charge in [0.1, 0.15) is 11.2 Å². The van der Waals surface area contributed by atoms with Crippen LogP contribution in [0.5, 0.6) is 5.75 Å². The minimum atomic E-state index is -4.38. The van der Waals surface area contributed by atoms with E-state index in [4.69, 9.17) is 5.11 Å². The predicted octanol–water partition coefficient (Wildman–Crippen LogP) is 3.39. The Morgan fingerprint density at radius 2 is 1.87 bits per heavy atom. The van der Waals surface area contributed by atoms with Crippen molar-refractivity contribution in [2.75, 3.05) is 0 Å². The number of aromatic hydroxyl groups is 1. The van der Waals surface area contributed by atoms with Gasteiger partial charge < -0.3 is 5.11 Å². The molecule has 15 heavy (non-hydrogen) atoms. The average molecular weight is 284 g/mol. The third-order valence-electron chi connectivity index (χ3n) is 2.18. The topological polar surface area (TPSA) is 33.1 Å². The normalized spacial score (nSPS) is 12.9. The second-order valence-corrected chi connectivity index (χ2v) is 4.50. The number of halogens is 4. The highest BCUT2D eigenvalue weighted by Gasteiger charge is 2.49. The van der Waals surface area contributed by atoms with E-state index in [-0.39, 0.29) is 15.9 Å². The first kappa shape index (κ1) is 12.3. The molecule has 0 radical (unpaired) electrons. The van der Waals surface area contributed by atoms with Gasteiger partial charge in [0.2, 0.25) is 0 Å². The monoisotopic (exact) mass is 283 g/mol. The van der Waals surface area contributed by atoms with E-state index in [1.807, 2.05) is 0 Å². The van der Waals surface area contributed by atoms with Crippen molar-refractivity contribution in [3.63, 3.8) is 0 Å². The second-order valence-electron chi connectivity index (χ2n) is 3.64. The molecule has 1 aromatic rings. The SMILES string of the molecule is CC(C)(c1cc(Br)c(O)cn1)C(F)(F)F. The van der Waals surface area contributed by atoms with Gasteiger partial charge in [-0.25, -0.2) is 0 Å². The van der Waals surface area contributed by atoms with Gasteiger partial charge >= 0.3 is 6.18 Å². The lowest BCUT2D eigenvalue weighted by Gasteiger charge is -2.27. The van der Waals surface area contributed by atoms with Crippen LogP contribution in [0.15, 0.2) is 16.7 Å². The molecule has 0 unspecified atom stereocenters. The van der Waals surface area contributed by atoms with E-state index in [2.05, 4.69) is 20.9 Å². The standard InChI is InChI=1S/C9H9BrF3NO/c1-8(2,9(11,12)13)7-3-5(10)6(15)4-14-7/h3-4,15H,1-2H3. The van der Waals surface area contributed by atoms with Gasteiger partial charge in [0.05, 0.1) is 16.4 Å². The van der Waals surface area contributed by atoms with Gasteiger partial charge in [-0.15, -0.1) is 0 Å². The Labute approximate surface area is 93.3 Å². The molecule has 1 N–H and O–H groups in total. The highest BCUT2D eigenvalue weighted by molar-refractivity contribution is 9.10. The fourth-order valence-electron chi connectivity index (χ4n) is 0.911. The molecule has 1 aromatic heterocycles. The van der Waals surface area contributed by atoms with E-state index in [0.29, 0.717) is 0 Å². The molecule has 0 spiro atoms. The lowest BCUT2D eigenvalue weighted by Crippen LogP contribution is -2.37. The van der Waals surface area contributed by atoms with Crippen molar-refractivity contribution in [1.29, 1.82) is 0 Å². The summed E-state index contributed by atoms with van der Waals surface area (Å²) >= 11 is 2.95. The van der Waals surface area contributed by atoms with Crippen LogP contribution >= 0.6 is 15.9 Å². The van der Waals surface area contributed by atoms with Crippen LogP contribution in [-0.4, -0.2) is 16.3 Å². The summed E-state index contributed by atoms with van der Waals surface area (Å²) in [6.07, 6.45) is -3.39. The van der Waals surface area contributed by atoms with E-state index in [0.717, 1.165) is 20.0 Å². The quantitative estimate of drug-likeness (QED) is 0.857. The van der Waals surface area contributed by atoms with Gasteiger partial charge in [0.15, 0.2) is 0 Å². The molecular formula is C9H9BrF3NO. The van der Waals surface area contributed by atoms with Crippen LogP contribution in [0.2, 0.25) is 0 Å². The Hall–Kier alpha value is -0.780. The van der Waals surface area contributed by atoms with Crippen LogP contribution in [0, 0.1) is 0 Å². The maximum absolute atomic E-state index is 12.6. The third kappa shape index (κ3) is 2.25. The summed E-state index contributed by atoms with van der Waals surface area (Å²) in [5, 5.41) is 9.12. The summed E-state index contributed by atoms with van der Waals surface area (Å²) in [5.74, 6) is -0.184. The molecule has 0 fully saturated rings. The summed E-state index contributed by atoms with van der Waals surface area (Å²) < 4.78 is 38.1. The Morgan fingerprint density at radius 1 is 1.33 bits per heavy atom. The van der Waals surface area contributed by atoms with Gasteiger partial charge in [0.25, 0.3) is 0 Å². The lowest BCUT2D eigenvalue weighted by molar-refractivity contribution is -0.181. The second kappa shape index (κ2) is 3.66. The minimum Gasteiger partial charge on any atom is -0.505 e. The zero-order valence-electron chi connectivity index (χ0n) is 8.06. The predicted molar refractivity (Wildman–Crippen MR) is 52.7 cm³/mol. The lowest BCUT2D eigenvalue weighted by atomic mass is 9.88. The Balaban J connectivity index is 3.22. The number of nitrogens with zero attached hydrogens (tertiary/aromatic N) is 1. The highest BCUT2D eigenvalue weighted by Crippen LogP contribution is 2.40. The number of pyridine rings is 1. The van der Waals surface area contributed by atoms with E-state index >= 15 is 0 Å². The molecule has 2 nitrogen and oxygen atoms in total. The van der Waals surface area contributed by atoms with Gasteiger partial charge in [-0.2, -0.15) is 13.2 Å². The Morgan fingerprint density at radius 3 is 2.27 bits per heavy atom. The molecule has 0 bridgehead atoms. The largest absolute Gasteiger partial charge is 0.505 e. The molecule has 84 valence electrons. The molecule has 0 saturated carbocycles. The Kier molecular flexibility index (Phi) is 3.00. The average Bonchev–Trinajstić information content (AvgIpc) is 2.07. The maximum Gasteiger partial charge on any atom is 0.399 e. The zero-order valence-corrected chi connectivity index (χ0v) is 9.65. The maximum atomic E-state index is 12.6. The molecule has 1 heterocycles. The first-order chi connectivity index (χ1) is 6.66. The molecule has 0 aliphatic rings. The number of alkyl halides is 3. The molecule has 0 saturated heterocycles. The molecule has 1 rings (SSSR count). The zero-order chi connectivity index (χ0) is 11.9. The summed E-state index contributed by atoms with van der Waals surface area (Å²) in [6.45, 7) is 2.08. The fraction of sp³-hybridized carbons (Fsp3) is 0.444. The first-order valence-electron chi connectivity index (χ1n) is 4.08. The van der Waals surface area contributed by atoms with Crippen molar-refractivity contribution < 1.29 is 18.3 Å². The summed E-state index contributed by atoms with van der Waals surface area (Å²) in [4.78, 5) is 3.58. The van der Waals surface area contributed by atoms with Crippen LogP contribution in [0.25, 0.3) is 0 Å². The van der Waals surface area contributed by atoms with Gasteiger partial charge in [-0.3, -0.25) is 4.98 Å². The molecule has 0 aliphatic carbocycles. The molecule has 0 amide bonds. The van der Waals surface area contributed by atoms with E-state index in [9.17, 15) is 13.2 Å². The highest BCUT2D eigenvalue weighted by atomic mass is 79.9. The smallest absolute Gasteiger partial charge is 0.399 e. The summed E-state index contributed by atoms with van der Waals surface area (Å²) in [7, 11) is 0. The van der Waals surface area contributed by atoms with Crippen LogP contribution in [0.3, 0.4) is 0 Å². The van der Waals surface area contributed by atoms with Crippen molar-refractivity contribution in [3.05, 3.63) is 22.4 Å². The third-order valence-corrected chi connectivity index (χ3v) is 2.82. The molecular weight excluding hydrogens is 275 g/mol. The number of aromatic nitrogens is 1. The van der Waals surface area contributed by atoms with Gasteiger partial charge in [-0.05, 0) is 35.8 Å². The van der Waals surface area contributed by atoms with Crippen LogP contribution < -0.4 is 0 Å². The molecule has 6 heteroatoms. The van der Waals surface area contributed by atoms with Crippen LogP contribution in [0.4, 0.5) is 13.2 Å². The van der Waals surface area contributed by atoms with Crippen LogP contribution in [0.1, 0.15) is 19.5 Å². The molecule has 0 aliphatic heterocycles. The van der Waals surface area contributed by atoms with E-state index in [1.165, 1.54) is 6.07 Å². The van der Waals surface area contributed by atoms with Crippen molar-refractivity contribution >= 4 is 15.9 Å². The van der Waals surface area contributed by atoms with Crippen LogP contribution in [-0.2, 0) is 5.41 Å². The van der Waals surface area contributed by atoms with E-state index < -0.39 is 11.6 Å². The van der Waals surface area contributed by atoms with Crippen molar-refractivity contribution in [2.45, 2.75) is 25.4 Å². The molecule has 0 atom stereocenters. The molecule has 0 aromatic carbocycles. The minimum absolute atomic E-state index is 0.139. The first-order valence-corrected chi connectivity index (χ1v) is 4.87. The Bertz CT molecular complexity index is 376. The van der Waals surface area contributed by atoms with Crippen molar-refractivity contribution in [1.82, 2.24) is 4.98 Å².